The first-order valence-corrected chi connectivity index (χ1v) is 11.2. The van der Waals surface area contributed by atoms with Crippen molar-refractivity contribution in [3.05, 3.63) is 59.0 Å². The normalized spacial score (nSPS) is 17.9. The van der Waals surface area contributed by atoms with Gasteiger partial charge in [0.25, 0.3) is 11.8 Å². The van der Waals surface area contributed by atoms with Crippen LogP contribution < -0.4 is 15.0 Å². The van der Waals surface area contributed by atoms with Crippen molar-refractivity contribution >= 4 is 63.0 Å². The van der Waals surface area contributed by atoms with E-state index in [0.29, 0.717) is 37.5 Å². The molecule has 0 unspecified atom stereocenters. The van der Waals surface area contributed by atoms with Crippen molar-refractivity contribution in [2.45, 2.75) is 19.9 Å². The molecule has 7 nitrogen and oxygen atoms in total. The Morgan fingerprint density at radius 2 is 1.78 bits per heavy atom. The summed E-state index contributed by atoms with van der Waals surface area (Å²) in [6.45, 7) is 3.56. The van der Waals surface area contributed by atoms with E-state index >= 15 is 0 Å². The fourth-order valence-corrected chi connectivity index (χ4v) is 5.25. The highest BCUT2D eigenvalue weighted by Crippen LogP contribution is 2.44. The third-order valence-corrected chi connectivity index (χ3v) is 6.54. The lowest BCUT2D eigenvalue weighted by Crippen LogP contribution is -2.36. The van der Waals surface area contributed by atoms with Crippen LogP contribution in [0, 0.1) is 0 Å². The van der Waals surface area contributed by atoms with E-state index in [4.69, 9.17) is 17.0 Å². The first kappa shape index (κ1) is 22.0. The molecular formula is C23H21N3O4S2. The van der Waals surface area contributed by atoms with Crippen LogP contribution in [0.2, 0.25) is 0 Å². The molecule has 9 heteroatoms. The van der Waals surface area contributed by atoms with Gasteiger partial charge in [0, 0.05) is 17.3 Å². The van der Waals surface area contributed by atoms with Gasteiger partial charge in [-0.3, -0.25) is 24.2 Å². The van der Waals surface area contributed by atoms with Gasteiger partial charge in [-0.1, -0.05) is 42.2 Å². The predicted octanol–water partition coefficient (Wildman–Crippen LogP) is 3.66. The monoisotopic (exact) mass is 467 g/mol. The number of fused-ring (bicyclic) bond motifs is 1. The summed E-state index contributed by atoms with van der Waals surface area (Å²) in [7, 11) is 1.57. The quantitative estimate of drug-likeness (QED) is 0.534. The Kier molecular flexibility index (Phi) is 6.03. The zero-order chi connectivity index (χ0) is 23.0. The van der Waals surface area contributed by atoms with Gasteiger partial charge >= 0.3 is 0 Å². The van der Waals surface area contributed by atoms with Gasteiger partial charge in [0.15, 0.2) is 0 Å². The Morgan fingerprint density at radius 1 is 1.09 bits per heavy atom. The molecule has 0 bridgehead atoms. The molecule has 2 aliphatic rings. The molecule has 3 amide bonds. The molecule has 0 spiro atoms. The Morgan fingerprint density at radius 3 is 2.41 bits per heavy atom. The van der Waals surface area contributed by atoms with E-state index in [1.54, 1.807) is 55.6 Å². The molecule has 0 radical (unpaired) electrons. The van der Waals surface area contributed by atoms with Crippen molar-refractivity contribution in [3.63, 3.8) is 0 Å². The number of hydrogen-bond donors (Lipinski definition) is 1. The zero-order valence-electron chi connectivity index (χ0n) is 17.7. The van der Waals surface area contributed by atoms with Gasteiger partial charge in [0.05, 0.1) is 23.3 Å². The van der Waals surface area contributed by atoms with Crippen LogP contribution in [0.1, 0.15) is 19.4 Å². The van der Waals surface area contributed by atoms with E-state index in [2.05, 4.69) is 5.32 Å². The third-order valence-electron chi connectivity index (χ3n) is 5.14. The van der Waals surface area contributed by atoms with Gasteiger partial charge < -0.3 is 10.1 Å². The van der Waals surface area contributed by atoms with Crippen molar-refractivity contribution in [1.82, 2.24) is 4.90 Å². The number of benzene rings is 2. The average molecular weight is 468 g/mol. The number of nitrogens with zero attached hydrogens (tertiary/aromatic N) is 2. The number of hydrogen-bond acceptors (Lipinski definition) is 6. The number of rotatable bonds is 5. The number of methoxy groups -OCH3 is 1. The zero-order valence-corrected chi connectivity index (χ0v) is 19.4. The minimum atomic E-state index is -0.389. The van der Waals surface area contributed by atoms with E-state index in [9.17, 15) is 14.4 Å². The molecule has 2 aliphatic heterocycles. The molecule has 2 aromatic carbocycles. The number of ether oxygens (including phenoxy) is 1. The smallest absolute Gasteiger partial charge is 0.267 e. The fourth-order valence-electron chi connectivity index (χ4n) is 3.65. The van der Waals surface area contributed by atoms with Gasteiger partial charge in [-0.05, 0) is 44.2 Å². The van der Waals surface area contributed by atoms with Crippen molar-refractivity contribution in [3.8, 4) is 5.75 Å². The summed E-state index contributed by atoms with van der Waals surface area (Å²) in [4.78, 5) is 42.3. The Bertz CT molecular complexity index is 1160. The molecule has 0 atom stereocenters. The number of para-hydroxylation sites is 1. The highest BCUT2D eigenvalue weighted by molar-refractivity contribution is 8.26. The first-order chi connectivity index (χ1) is 15.3. The van der Waals surface area contributed by atoms with Gasteiger partial charge in [0.1, 0.15) is 16.6 Å². The summed E-state index contributed by atoms with van der Waals surface area (Å²) in [6, 6.07) is 14.0. The number of thiocarbonyl (C=S) groups is 1. The topological polar surface area (TPSA) is 79.0 Å². The van der Waals surface area contributed by atoms with Crippen molar-refractivity contribution in [2.75, 3.05) is 23.9 Å². The molecule has 0 aromatic heterocycles. The number of thioether (sulfide) groups is 1. The number of amides is 3. The van der Waals surface area contributed by atoms with Crippen LogP contribution in [0.3, 0.4) is 0 Å². The van der Waals surface area contributed by atoms with Crippen LogP contribution in [0.15, 0.2) is 53.4 Å². The second-order valence-corrected chi connectivity index (χ2v) is 9.17. The molecular weight excluding hydrogens is 446 g/mol. The lowest BCUT2D eigenvalue weighted by molar-refractivity contribution is -0.123. The Balaban J connectivity index is 1.63. The summed E-state index contributed by atoms with van der Waals surface area (Å²) >= 11 is 6.50. The van der Waals surface area contributed by atoms with Crippen LogP contribution in [0.5, 0.6) is 5.75 Å². The van der Waals surface area contributed by atoms with Crippen molar-refractivity contribution in [1.29, 1.82) is 0 Å². The average Bonchev–Trinajstić information content (AvgIpc) is 3.21. The Hall–Kier alpha value is -3.17. The van der Waals surface area contributed by atoms with E-state index in [1.165, 1.54) is 9.80 Å². The van der Waals surface area contributed by atoms with Crippen LogP contribution in [0.4, 0.5) is 11.4 Å². The number of carbonyl (C=O) groups excluding carboxylic acids is 3. The van der Waals surface area contributed by atoms with Gasteiger partial charge in [-0.2, -0.15) is 0 Å². The van der Waals surface area contributed by atoms with Gasteiger partial charge in [0.2, 0.25) is 5.91 Å². The molecule has 2 heterocycles. The molecule has 1 N–H and O–H groups in total. The minimum Gasteiger partial charge on any atom is -0.497 e. The molecule has 4 rings (SSSR count). The molecule has 0 saturated carbocycles. The lowest BCUT2D eigenvalue weighted by Gasteiger charge is -2.18. The summed E-state index contributed by atoms with van der Waals surface area (Å²) in [5.74, 6) is -0.345. The second kappa shape index (κ2) is 8.76. The highest BCUT2D eigenvalue weighted by Gasteiger charge is 2.43. The van der Waals surface area contributed by atoms with Crippen LogP contribution in [-0.4, -0.2) is 46.6 Å². The van der Waals surface area contributed by atoms with E-state index < -0.39 is 0 Å². The van der Waals surface area contributed by atoms with Crippen molar-refractivity contribution < 1.29 is 19.1 Å². The first-order valence-electron chi connectivity index (χ1n) is 9.96. The minimum absolute atomic E-state index is 0.112. The van der Waals surface area contributed by atoms with Gasteiger partial charge in [-0.15, -0.1) is 0 Å². The standard InChI is InChI=1S/C23H21N3O4S2/c1-13(2)26-22(29)20(32-23(26)31)19-16-6-4-5-7-17(16)25(21(19)28)12-18(27)24-14-8-10-15(30-3)11-9-14/h4-11,13H,12H2,1-3H3,(H,24,27)/b20-19+. The van der Waals surface area contributed by atoms with Crippen LogP contribution in [-0.2, 0) is 14.4 Å². The maximum absolute atomic E-state index is 13.4. The number of carbonyl (C=O) groups is 3. The largest absolute Gasteiger partial charge is 0.497 e. The molecule has 32 heavy (non-hydrogen) atoms. The number of nitrogens with one attached hydrogen (secondary N) is 1. The Labute approximate surface area is 195 Å². The predicted molar refractivity (Wildman–Crippen MR) is 130 cm³/mol. The molecule has 2 aromatic rings. The van der Waals surface area contributed by atoms with E-state index in [-0.39, 0.29) is 30.3 Å². The molecule has 1 fully saturated rings. The summed E-state index contributed by atoms with van der Waals surface area (Å²) in [5.41, 5.74) is 2.10. The molecule has 0 aliphatic carbocycles. The van der Waals surface area contributed by atoms with E-state index in [0.717, 1.165) is 11.8 Å². The summed E-state index contributed by atoms with van der Waals surface area (Å²) in [5, 5.41) is 2.79. The van der Waals surface area contributed by atoms with Crippen LogP contribution in [0.25, 0.3) is 5.57 Å². The van der Waals surface area contributed by atoms with Gasteiger partial charge in [-0.25, -0.2) is 0 Å². The summed E-state index contributed by atoms with van der Waals surface area (Å²) < 4.78 is 5.55. The summed E-state index contributed by atoms with van der Waals surface area (Å²) in [6.07, 6.45) is 0. The molecule has 1 saturated heterocycles. The fraction of sp³-hybridized carbons (Fsp3) is 0.217. The highest BCUT2D eigenvalue weighted by atomic mass is 32.2. The second-order valence-electron chi connectivity index (χ2n) is 7.53. The SMILES string of the molecule is COc1ccc(NC(=O)CN2C(=O)/C(=C3/SC(=S)N(C(C)C)C3=O)c3ccccc32)cc1. The molecule has 164 valence electrons. The van der Waals surface area contributed by atoms with E-state index in [1.807, 2.05) is 13.8 Å². The van der Waals surface area contributed by atoms with Crippen molar-refractivity contribution in [2.24, 2.45) is 0 Å². The number of anilines is 2. The third kappa shape index (κ3) is 3.89. The van der Waals surface area contributed by atoms with Crippen LogP contribution >= 0.6 is 24.0 Å². The lowest BCUT2D eigenvalue weighted by atomic mass is 10.1. The maximum atomic E-state index is 13.4. The maximum Gasteiger partial charge on any atom is 0.267 e.